The molecule has 0 amide bonds. The van der Waals surface area contributed by atoms with Gasteiger partial charge < -0.3 is 19.9 Å². The molecule has 0 unspecified atom stereocenters. The lowest BCUT2D eigenvalue weighted by Gasteiger charge is -2.19. The van der Waals surface area contributed by atoms with Gasteiger partial charge in [-0.1, -0.05) is 0 Å². The van der Waals surface area contributed by atoms with Crippen LogP contribution in [0.4, 0.5) is 0 Å². The summed E-state index contributed by atoms with van der Waals surface area (Å²) in [4.78, 5) is 0. The molecule has 0 saturated heterocycles. The third kappa shape index (κ3) is 11.8. The molecular formula is C10H23NO3. The summed E-state index contributed by atoms with van der Waals surface area (Å²) < 4.78 is 15.9. The summed E-state index contributed by atoms with van der Waals surface area (Å²) >= 11 is 0. The van der Waals surface area contributed by atoms with Crippen molar-refractivity contribution in [2.45, 2.75) is 26.4 Å². The largest absolute Gasteiger partial charge is 0.378 e. The van der Waals surface area contributed by atoms with Gasteiger partial charge in [0.2, 0.25) is 0 Å². The van der Waals surface area contributed by atoms with Crippen LogP contribution >= 0.6 is 0 Å². The Balaban J connectivity index is 2.99. The minimum atomic E-state index is -0.0839. The Morgan fingerprint density at radius 3 is 1.86 bits per heavy atom. The molecule has 0 aromatic heterocycles. The van der Waals surface area contributed by atoms with Crippen molar-refractivity contribution < 1.29 is 14.2 Å². The van der Waals surface area contributed by atoms with E-state index in [1.54, 1.807) is 0 Å². The summed E-state index contributed by atoms with van der Waals surface area (Å²) in [5.41, 5.74) is 5.17. The summed E-state index contributed by atoms with van der Waals surface area (Å²) in [5.74, 6) is 0. The molecular weight excluding hydrogens is 182 g/mol. The van der Waals surface area contributed by atoms with Crippen molar-refractivity contribution in [3.63, 3.8) is 0 Å². The highest BCUT2D eigenvalue weighted by Gasteiger charge is 2.08. The molecule has 0 bridgehead atoms. The first-order chi connectivity index (χ1) is 6.56. The van der Waals surface area contributed by atoms with Gasteiger partial charge in [0, 0.05) is 6.54 Å². The zero-order valence-electron chi connectivity index (χ0n) is 9.54. The van der Waals surface area contributed by atoms with Crippen molar-refractivity contribution in [3.8, 4) is 0 Å². The first-order valence-electron chi connectivity index (χ1n) is 5.06. The van der Waals surface area contributed by atoms with Gasteiger partial charge in [-0.25, -0.2) is 0 Å². The van der Waals surface area contributed by atoms with Crippen LogP contribution in [-0.2, 0) is 14.2 Å². The third-order valence-electron chi connectivity index (χ3n) is 1.40. The Morgan fingerprint density at radius 2 is 1.36 bits per heavy atom. The van der Waals surface area contributed by atoms with Crippen molar-refractivity contribution in [3.05, 3.63) is 0 Å². The summed E-state index contributed by atoms with van der Waals surface area (Å²) in [6.45, 7) is 9.69. The Bertz CT molecular complexity index is 123. The van der Waals surface area contributed by atoms with E-state index in [0.717, 1.165) is 0 Å². The minimum Gasteiger partial charge on any atom is -0.378 e. The molecule has 0 saturated carbocycles. The number of nitrogens with two attached hydrogens (primary N) is 1. The minimum absolute atomic E-state index is 0.0839. The SMILES string of the molecule is CC(C)(C)OCCOCCOCCN. The van der Waals surface area contributed by atoms with Crippen LogP contribution in [0.5, 0.6) is 0 Å². The number of rotatable bonds is 8. The summed E-state index contributed by atoms with van der Waals surface area (Å²) in [5, 5.41) is 0. The maximum atomic E-state index is 5.47. The van der Waals surface area contributed by atoms with Crippen LogP contribution in [0.3, 0.4) is 0 Å². The maximum absolute atomic E-state index is 5.47. The van der Waals surface area contributed by atoms with E-state index in [4.69, 9.17) is 19.9 Å². The van der Waals surface area contributed by atoms with E-state index >= 15 is 0 Å². The Kier molecular flexibility index (Phi) is 8.08. The summed E-state index contributed by atoms with van der Waals surface area (Å²) in [6, 6.07) is 0. The molecule has 14 heavy (non-hydrogen) atoms. The molecule has 0 atom stereocenters. The van der Waals surface area contributed by atoms with E-state index in [1.165, 1.54) is 0 Å². The first-order valence-corrected chi connectivity index (χ1v) is 5.06. The molecule has 4 nitrogen and oxygen atoms in total. The summed E-state index contributed by atoms with van der Waals surface area (Å²) in [6.07, 6.45) is 0. The van der Waals surface area contributed by atoms with E-state index < -0.39 is 0 Å². The lowest BCUT2D eigenvalue weighted by molar-refractivity contribution is -0.0421. The zero-order valence-corrected chi connectivity index (χ0v) is 9.54. The zero-order chi connectivity index (χ0) is 10.9. The average Bonchev–Trinajstić information content (AvgIpc) is 2.08. The van der Waals surface area contributed by atoms with Crippen LogP contribution in [-0.4, -0.2) is 45.2 Å². The highest BCUT2D eigenvalue weighted by Crippen LogP contribution is 2.05. The fraction of sp³-hybridized carbons (Fsp3) is 1.00. The van der Waals surface area contributed by atoms with Crippen molar-refractivity contribution in [1.82, 2.24) is 0 Å². The Hall–Kier alpha value is -0.160. The molecule has 0 aliphatic rings. The molecule has 86 valence electrons. The van der Waals surface area contributed by atoms with Crippen molar-refractivity contribution >= 4 is 0 Å². The standard InChI is InChI=1S/C10H23NO3/c1-10(2,3)14-9-8-13-7-6-12-5-4-11/h4-9,11H2,1-3H3. The van der Waals surface area contributed by atoms with Crippen LogP contribution in [0, 0.1) is 0 Å². The molecule has 0 spiro atoms. The summed E-state index contributed by atoms with van der Waals surface area (Å²) in [7, 11) is 0. The molecule has 0 aliphatic carbocycles. The lowest BCUT2D eigenvalue weighted by Crippen LogP contribution is -2.22. The van der Waals surface area contributed by atoms with Crippen molar-refractivity contribution in [2.24, 2.45) is 5.73 Å². The topological polar surface area (TPSA) is 53.7 Å². The molecule has 0 fully saturated rings. The monoisotopic (exact) mass is 205 g/mol. The van der Waals surface area contributed by atoms with Gasteiger partial charge in [0.25, 0.3) is 0 Å². The van der Waals surface area contributed by atoms with Gasteiger partial charge in [-0.15, -0.1) is 0 Å². The van der Waals surface area contributed by atoms with Gasteiger partial charge in [-0.3, -0.25) is 0 Å². The number of hydrogen-bond acceptors (Lipinski definition) is 4. The smallest absolute Gasteiger partial charge is 0.0707 e. The average molecular weight is 205 g/mol. The molecule has 0 radical (unpaired) electrons. The number of ether oxygens (including phenoxy) is 3. The van der Waals surface area contributed by atoms with Gasteiger partial charge in [0.1, 0.15) is 0 Å². The highest BCUT2D eigenvalue weighted by atomic mass is 16.5. The molecule has 0 aliphatic heterocycles. The van der Waals surface area contributed by atoms with E-state index in [2.05, 4.69) is 0 Å². The Labute approximate surface area is 86.7 Å². The van der Waals surface area contributed by atoms with E-state index in [1.807, 2.05) is 20.8 Å². The van der Waals surface area contributed by atoms with E-state index in [-0.39, 0.29) is 5.60 Å². The second kappa shape index (κ2) is 8.17. The van der Waals surface area contributed by atoms with Gasteiger partial charge in [0.05, 0.1) is 38.6 Å². The van der Waals surface area contributed by atoms with Crippen LogP contribution in [0.15, 0.2) is 0 Å². The molecule has 4 heteroatoms. The number of hydrogen-bond donors (Lipinski definition) is 1. The van der Waals surface area contributed by atoms with Gasteiger partial charge >= 0.3 is 0 Å². The molecule has 0 aromatic rings. The molecule has 0 aromatic carbocycles. The van der Waals surface area contributed by atoms with Crippen LogP contribution in [0.2, 0.25) is 0 Å². The van der Waals surface area contributed by atoms with Crippen molar-refractivity contribution in [1.29, 1.82) is 0 Å². The van der Waals surface area contributed by atoms with E-state index in [0.29, 0.717) is 39.6 Å². The second-order valence-corrected chi connectivity index (χ2v) is 3.97. The lowest BCUT2D eigenvalue weighted by atomic mass is 10.2. The maximum Gasteiger partial charge on any atom is 0.0707 e. The van der Waals surface area contributed by atoms with Gasteiger partial charge in [-0.05, 0) is 20.8 Å². The van der Waals surface area contributed by atoms with Crippen LogP contribution in [0.1, 0.15) is 20.8 Å². The Morgan fingerprint density at radius 1 is 0.857 bits per heavy atom. The predicted octanol–water partition coefficient (Wildman–Crippen LogP) is 0.793. The molecule has 0 rings (SSSR count). The molecule has 2 N–H and O–H groups in total. The highest BCUT2D eigenvalue weighted by molar-refractivity contribution is 4.57. The third-order valence-corrected chi connectivity index (χ3v) is 1.40. The van der Waals surface area contributed by atoms with Crippen LogP contribution in [0.25, 0.3) is 0 Å². The van der Waals surface area contributed by atoms with Crippen LogP contribution < -0.4 is 5.73 Å². The first kappa shape index (κ1) is 13.8. The van der Waals surface area contributed by atoms with E-state index in [9.17, 15) is 0 Å². The fourth-order valence-electron chi connectivity index (χ4n) is 0.812. The van der Waals surface area contributed by atoms with Gasteiger partial charge in [0.15, 0.2) is 0 Å². The fourth-order valence-corrected chi connectivity index (χ4v) is 0.812. The van der Waals surface area contributed by atoms with Crippen molar-refractivity contribution in [2.75, 3.05) is 39.6 Å². The predicted molar refractivity (Wildman–Crippen MR) is 56.4 cm³/mol. The second-order valence-electron chi connectivity index (χ2n) is 3.97. The quantitative estimate of drug-likeness (QED) is 0.595. The van der Waals surface area contributed by atoms with Gasteiger partial charge in [-0.2, -0.15) is 0 Å². The molecule has 0 heterocycles. The normalized spacial score (nSPS) is 12.0.